The predicted molar refractivity (Wildman–Crippen MR) is 130 cm³/mol. The molecule has 1 aliphatic rings. The molecule has 5 rings (SSSR count). The molecule has 1 unspecified atom stereocenters. The van der Waals surface area contributed by atoms with Crippen LogP contribution in [0.3, 0.4) is 0 Å². The van der Waals surface area contributed by atoms with Gasteiger partial charge in [0.2, 0.25) is 11.9 Å². The number of amides is 1. The summed E-state index contributed by atoms with van der Waals surface area (Å²) in [5.41, 5.74) is 4.63. The number of nitrogens with one attached hydrogen (secondary N) is 1. The summed E-state index contributed by atoms with van der Waals surface area (Å²) in [6.07, 6.45) is 4.06. The van der Waals surface area contributed by atoms with Crippen molar-refractivity contribution in [2.75, 3.05) is 16.8 Å². The lowest BCUT2D eigenvalue weighted by atomic mass is 9.98. The lowest BCUT2D eigenvalue weighted by Crippen LogP contribution is -2.33. The molecule has 0 fully saturated rings. The first-order valence-corrected chi connectivity index (χ1v) is 11.1. The van der Waals surface area contributed by atoms with Gasteiger partial charge < -0.3 is 10.2 Å². The van der Waals surface area contributed by atoms with Gasteiger partial charge in [-0.25, -0.2) is 9.97 Å². The highest BCUT2D eigenvalue weighted by atomic mass is 16.2. The van der Waals surface area contributed by atoms with Gasteiger partial charge in [-0.05, 0) is 42.7 Å². The Balaban J connectivity index is 1.46. The van der Waals surface area contributed by atoms with Crippen molar-refractivity contribution < 1.29 is 4.79 Å². The van der Waals surface area contributed by atoms with Crippen molar-refractivity contribution in [3.05, 3.63) is 83.7 Å². The minimum atomic E-state index is -0.291. The van der Waals surface area contributed by atoms with Crippen LogP contribution in [0.5, 0.6) is 0 Å². The first-order valence-electron chi connectivity index (χ1n) is 11.1. The average molecular weight is 450 g/mol. The topological polar surface area (TPSA) is 99.7 Å². The molecule has 2 aromatic heterocycles. The summed E-state index contributed by atoms with van der Waals surface area (Å²) in [7, 11) is 1.83. The fourth-order valence-corrected chi connectivity index (χ4v) is 4.31. The second kappa shape index (κ2) is 8.79. The molecule has 34 heavy (non-hydrogen) atoms. The number of aromatic nitrogens is 4. The minimum absolute atomic E-state index is 0.00102. The van der Waals surface area contributed by atoms with Crippen LogP contribution in [0.25, 0.3) is 11.3 Å². The lowest BCUT2D eigenvalue weighted by molar-refractivity contribution is -0.119. The second-order valence-corrected chi connectivity index (χ2v) is 8.25. The van der Waals surface area contributed by atoms with Gasteiger partial charge in [0, 0.05) is 31.4 Å². The molecule has 1 aliphatic heterocycles. The van der Waals surface area contributed by atoms with Gasteiger partial charge in [0.15, 0.2) is 0 Å². The van der Waals surface area contributed by atoms with Crippen LogP contribution in [0.4, 0.5) is 17.5 Å². The maximum absolute atomic E-state index is 13.3. The van der Waals surface area contributed by atoms with Crippen molar-refractivity contribution >= 4 is 23.4 Å². The van der Waals surface area contributed by atoms with Crippen LogP contribution in [0.1, 0.15) is 29.5 Å². The summed E-state index contributed by atoms with van der Waals surface area (Å²) in [6, 6.07) is 19.5. The molecule has 168 valence electrons. The zero-order valence-electron chi connectivity index (χ0n) is 18.9. The highest BCUT2D eigenvalue weighted by Crippen LogP contribution is 2.37. The fourth-order valence-electron chi connectivity index (χ4n) is 4.31. The summed E-state index contributed by atoms with van der Waals surface area (Å²) in [5.74, 6) is 0.916. The molecule has 3 heterocycles. The van der Waals surface area contributed by atoms with Crippen LogP contribution in [0.15, 0.2) is 67.0 Å². The third kappa shape index (κ3) is 3.88. The van der Waals surface area contributed by atoms with Crippen molar-refractivity contribution in [1.29, 1.82) is 5.26 Å². The molecule has 0 saturated heterocycles. The number of carbonyl (C=O) groups is 1. The summed E-state index contributed by atoms with van der Waals surface area (Å²) in [4.78, 5) is 24.0. The Kier molecular flexibility index (Phi) is 5.52. The Morgan fingerprint density at radius 3 is 2.71 bits per heavy atom. The number of anilines is 3. The number of aryl methyl sites for hydroxylation is 1. The number of fused-ring (bicyclic) bond motifs is 1. The molecule has 0 bridgehead atoms. The smallest absolute Gasteiger partial charge is 0.234 e. The zero-order chi connectivity index (χ0) is 23.7. The number of rotatable bonds is 5. The van der Waals surface area contributed by atoms with E-state index >= 15 is 0 Å². The van der Waals surface area contributed by atoms with Crippen molar-refractivity contribution in [2.45, 2.75) is 19.3 Å². The average Bonchev–Trinajstić information content (AvgIpc) is 3.49. The van der Waals surface area contributed by atoms with Gasteiger partial charge >= 0.3 is 0 Å². The largest absolute Gasteiger partial charge is 0.310 e. The van der Waals surface area contributed by atoms with Gasteiger partial charge in [0.1, 0.15) is 11.9 Å². The Morgan fingerprint density at radius 1 is 1.15 bits per heavy atom. The highest BCUT2D eigenvalue weighted by molar-refractivity contribution is 6.01. The van der Waals surface area contributed by atoms with Crippen LogP contribution in [-0.4, -0.2) is 32.2 Å². The number of nitrogens with zero attached hydrogens (tertiary/aromatic N) is 6. The van der Waals surface area contributed by atoms with Gasteiger partial charge in [-0.15, -0.1) is 0 Å². The quantitative estimate of drug-likeness (QED) is 0.491. The van der Waals surface area contributed by atoms with E-state index in [4.69, 9.17) is 0 Å². The Morgan fingerprint density at radius 2 is 1.97 bits per heavy atom. The third-order valence-corrected chi connectivity index (χ3v) is 6.13. The van der Waals surface area contributed by atoms with E-state index in [0.29, 0.717) is 35.9 Å². The van der Waals surface area contributed by atoms with Gasteiger partial charge in [-0.2, -0.15) is 10.4 Å². The van der Waals surface area contributed by atoms with Crippen LogP contribution < -0.4 is 10.2 Å². The van der Waals surface area contributed by atoms with Gasteiger partial charge in [0.25, 0.3) is 0 Å². The Labute approximate surface area is 197 Å². The zero-order valence-corrected chi connectivity index (χ0v) is 18.9. The number of hydrogen-bond acceptors (Lipinski definition) is 6. The minimum Gasteiger partial charge on any atom is -0.310 e. The molecule has 8 nitrogen and oxygen atoms in total. The molecular weight excluding hydrogens is 426 g/mol. The van der Waals surface area contributed by atoms with Crippen LogP contribution >= 0.6 is 0 Å². The summed E-state index contributed by atoms with van der Waals surface area (Å²) in [6.45, 7) is 2.47. The van der Waals surface area contributed by atoms with Crippen molar-refractivity contribution in [3.8, 4) is 17.3 Å². The van der Waals surface area contributed by atoms with E-state index in [1.54, 1.807) is 28.0 Å². The molecule has 0 radical (unpaired) electrons. The maximum Gasteiger partial charge on any atom is 0.234 e. The number of hydrogen-bond donors (Lipinski definition) is 1. The number of benzene rings is 2. The lowest BCUT2D eigenvalue weighted by Gasteiger charge is -2.23. The summed E-state index contributed by atoms with van der Waals surface area (Å²) >= 11 is 0. The van der Waals surface area contributed by atoms with E-state index in [0.717, 1.165) is 22.5 Å². The number of carbonyl (C=O) groups excluding carboxylic acids is 1. The van der Waals surface area contributed by atoms with E-state index < -0.39 is 0 Å². The predicted octanol–water partition coefficient (Wildman–Crippen LogP) is 4.19. The molecule has 1 N–H and O–H groups in total. The SMILES string of the molecule is CC(C(=O)N1CCc2cc(-c3ccnc(Nc4ccnn4C)n3)cc(C#N)c21)c1ccccc1. The summed E-state index contributed by atoms with van der Waals surface area (Å²) in [5, 5.41) is 17.2. The first-order chi connectivity index (χ1) is 16.5. The molecule has 4 aromatic rings. The van der Waals surface area contributed by atoms with Crippen LogP contribution in [-0.2, 0) is 18.3 Å². The molecule has 0 saturated carbocycles. The fraction of sp³-hybridized carbons (Fsp3) is 0.192. The van der Waals surface area contributed by atoms with E-state index in [1.165, 1.54) is 0 Å². The van der Waals surface area contributed by atoms with Crippen molar-refractivity contribution in [1.82, 2.24) is 19.7 Å². The molecular formula is C26H23N7O. The monoisotopic (exact) mass is 449 g/mol. The van der Waals surface area contributed by atoms with Gasteiger partial charge in [0.05, 0.1) is 29.1 Å². The maximum atomic E-state index is 13.3. The van der Waals surface area contributed by atoms with Crippen LogP contribution in [0.2, 0.25) is 0 Å². The molecule has 0 aliphatic carbocycles. The van der Waals surface area contributed by atoms with Gasteiger partial charge in [-0.1, -0.05) is 30.3 Å². The van der Waals surface area contributed by atoms with Crippen LogP contribution in [0, 0.1) is 11.3 Å². The third-order valence-electron chi connectivity index (χ3n) is 6.13. The standard InChI is InChI=1S/C26H23N7O/c1-17(18-6-4-3-5-7-18)25(34)33-13-10-19-14-20(15-21(16-27)24(19)33)22-8-11-28-26(30-22)31-23-9-12-29-32(23)2/h3-9,11-12,14-15,17H,10,13H2,1-2H3,(H,28,30,31). The van der Waals surface area contributed by atoms with Crippen molar-refractivity contribution in [3.63, 3.8) is 0 Å². The Bertz CT molecular complexity index is 1400. The van der Waals surface area contributed by atoms with E-state index in [9.17, 15) is 10.1 Å². The molecule has 1 amide bonds. The molecule has 8 heteroatoms. The second-order valence-electron chi connectivity index (χ2n) is 8.25. The first kappa shape index (κ1) is 21.3. The normalized spacial score (nSPS) is 13.3. The Hall–Kier alpha value is -4.51. The van der Waals surface area contributed by atoms with E-state index in [2.05, 4.69) is 26.5 Å². The highest BCUT2D eigenvalue weighted by Gasteiger charge is 2.31. The van der Waals surface area contributed by atoms with Crippen molar-refractivity contribution in [2.24, 2.45) is 7.05 Å². The number of nitriles is 1. The van der Waals surface area contributed by atoms with Gasteiger partial charge in [-0.3, -0.25) is 9.48 Å². The van der Waals surface area contributed by atoms with E-state index in [-0.39, 0.29) is 11.8 Å². The molecule has 2 aromatic carbocycles. The van der Waals surface area contributed by atoms with E-state index in [1.807, 2.05) is 62.5 Å². The summed E-state index contributed by atoms with van der Waals surface area (Å²) < 4.78 is 1.70. The molecule has 0 spiro atoms. The molecule has 1 atom stereocenters.